The number of para-hydroxylation sites is 1. The molecule has 2 N–H and O–H groups in total. The molecule has 3 rings (SSSR count). The number of esters is 1. The summed E-state index contributed by atoms with van der Waals surface area (Å²) in [4.78, 5) is 14.2. The molecule has 1 aliphatic rings. The summed E-state index contributed by atoms with van der Waals surface area (Å²) in [7, 11) is 1.39. The molecule has 0 aromatic heterocycles. The van der Waals surface area contributed by atoms with Gasteiger partial charge in [-0.3, -0.25) is 0 Å². The van der Waals surface area contributed by atoms with Crippen LogP contribution in [0.2, 0.25) is 0 Å². The second kappa shape index (κ2) is 5.48. The van der Waals surface area contributed by atoms with Gasteiger partial charge in [0.1, 0.15) is 0 Å². The first-order chi connectivity index (χ1) is 10.2. The molecule has 4 heteroatoms. The number of nitrogens with zero attached hydrogens (tertiary/aromatic N) is 1. The van der Waals surface area contributed by atoms with E-state index in [4.69, 9.17) is 10.5 Å². The summed E-state index contributed by atoms with van der Waals surface area (Å²) < 4.78 is 4.89. The van der Waals surface area contributed by atoms with E-state index in [0.717, 1.165) is 30.8 Å². The van der Waals surface area contributed by atoms with Crippen LogP contribution < -0.4 is 10.6 Å². The van der Waals surface area contributed by atoms with Gasteiger partial charge in [-0.2, -0.15) is 0 Å². The van der Waals surface area contributed by atoms with Crippen LogP contribution in [0.4, 0.5) is 17.1 Å². The number of carbonyl (C=O) groups is 1. The van der Waals surface area contributed by atoms with Crippen molar-refractivity contribution in [2.45, 2.75) is 12.8 Å². The Morgan fingerprint density at radius 3 is 2.81 bits per heavy atom. The SMILES string of the molecule is COC(=O)c1cc(N)ccc1N1CCCc2ccccc21. The maximum atomic E-state index is 12.0. The number of aryl methyl sites for hydroxylation is 1. The van der Waals surface area contributed by atoms with Gasteiger partial charge < -0.3 is 15.4 Å². The minimum atomic E-state index is -0.361. The molecular formula is C17H18N2O2. The Labute approximate surface area is 124 Å². The first-order valence-corrected chi connectivity index (χ1v) is 7.04. The fourth-order valence-corrected chi connectivity index (χ4v) is 2.85. The fourth-order valence-electron chi connectivity index (χ4n) is 2.85. The summed E-state index contributed by atoms with van der Waals surface area (Å²) in [5.74, 6) is -0.361. The number of fused-ring (bicyclic) bond motifs is 1. The Bertz CT molecular complexity index is 682. The average molecular weight is 282 g/mol. The molecule has 0 amide bonds. The van der Waals surface area contributed by atoms with Crippen molar-refractivity contribution in [3.05, 3.63) is 53.6 Å². The largest absolute Gasteiger partial charge is 0.465 e. The van der Waals surface area contributed by atoms with E-state index in [9.17, 15) is 4.79 Å². The van der Waals surface area contributed by atoms with Gasteiger partial charge in [-0.05, 0) is 42.7 Å². The molecule has 108 valence electrons. The van der Waals surface area contributed by atoms with E-state index in [1.54, 1.807) is 6.07 Å². The van der Waals surface area contributed by atoms with Crippen molar-refractivity contribution in [3.63, 3.8) is 0 Å². The molecule has 0 atom stereocenters. The molecule has 2 aromatic rings. The molecule has 1 aliphatic heterocycles. The second-order valence-electron chi connectivity index (χ2n) is 5.15. The van der Waals surface area contributed by atoms with Crippen LogP contribution in [0.3, 0.4) is 0 Å². The Balaban J connectivity index is 2.12. The van der Waals surface area contributed by atoms with E-state index in [-0.39, 0.29) is 5.97 Å². The molecule has 21 heavy (non-hydrogen) atoms. The van der Waals surface area contributed by atoms with Crippen LogP contribution in [0.5, 0.6) is 0 Å². The van der Waals surface area contributed by atoms with Crippen LogP contribution in [-0.2, 0) is 11.2 Å². The zero-order valence-corrected chi connectivity index (χ0v) is 12.0. The average Bonchev–Trinajstić information content (AvgIpc) is 2.53. The first kappa shape index (κ1) is 13.5. The van der Waals surface area contributed by atoms with E-state index < -0.39 is 0 Å². The molecular weight excluding hydrogens is 264 g/mol. The number of carbonyl (C=O) groups excluding carboxylic acids is 1. The number of ether oxygens (including phenoxy) is 1. The van der Waals surface area contributed by atoms with E-state index in [1.807, 2.05) is 24.3 Å². The molecule has 0 unspecified atom stereocenters. The minimum absolute atomic E-state index is 0.361. The number of rotatable bonds is 2. The number of hydrogen-bond acceptors (Lipinski definition) is 4. The van der Waals surface area contributed by atoms with Crippen molar-refractivity contribution in [3.8, 4) is 0 Å². The Morgan fingerprint density at radius 2 is 2.00 bits per heavy atom. The number of anilines is 3. The van der Waals surface area contributed by atoms with Gasteiger partial charge in [0.25, 0.3) is 0 Å². The summed E-state index contributed by atoms with van der Waals surface area (Å²) in [6, 6.07) is 13.7. The normalized spacial score (nSPS) is 13.7. The number of hydrogen-bond donors (Lipinski definition) is 1. The molecule has 0 saturated heterocycles. The van der Waals surface area contributed by atoms with Gasteiger partial charge in [-0.1, -0.05) is 18.2 Å². The fraction of sp³-hybridized carbons (Fsp3) is 0.235. The van der Waals surface area contributed by atoms with Crippen LogP contribution >= 0.6 is 0 Å². The Kier molecular flexibility index (Phi) is 3.52. The third-order valence-corrected chi connectivity index (χ3v) is 3.83. The first-order valence-electron chi connectivity index (χ1n) is 7.04. The predicted octanol–water partition coefficient (Wildman–Crippen LogP) is 3.14. The van der Waals surface area contributed by atoms with E-state index >= 15 is 0 Å². The molecule has 0 radical (unpaired) electrons. The monoisotopic (exact) mass is 282 g/mol. The molecule has 2 aromatic carbocycles. The Hall–Kier alpha value is -2.49. The highest BCUT2D eigenvalue weighted by Crippen LogP contribution is 2.36. The van der Waals surface area contributed by atoms with Crippen LogP contribution in [0.15, 0.2) is 42.5 Å². The van der Waals surface area contributed by atoms with Gasteiger partial charge in [0.05, 0.1) is 18.4 Å². The van der Waals surface area contributed by atoms with Gasteiger partial charge >= 0.3 is 5.97 Å². The molecule has 0 aliphatic carbocycles. The summed E-state index contributed by atoms with van der Waals surface area (Å²) in [6.07, 6.45) is 2.12. The lowest BCUT2D eigenvalue weighted by Crippen LogP contribution is -2.26. The van der Waals surface area contributed by atoms with E-state index in [1.165, 1.54) is 12.7 Å². The van der Waals surface area contributed by atoms with Crippen LogP contribution in [0, 0.1) is 0 Å². The lowest BCUT2D eigenvalue weighted by molar-refractivity contribution is 0.0601. The summed E-state index contributed by atoms with van der Waals surface area (Å²) in [6.45, 7) is 0.880. The van der Waals surface area contributed by atoms with Gasteiger partial charge in [0.15, 0.2) is 0 Å². The lowest BCUT2D eigenvalue weighted by Gasteiger charge is -2.32. The van der Waals surface area contributed by atoms with Crippen molar-refractivity contribution >= 4 is 23.0 Å². The van der Waals surface area contributed by atoms with Crippen molar-refractivity contribution in [2.75, 3.05) is 24.3 Å². The third kappa shape index (κ3) is 2.44. The van der Waals surface area contributed by atoms with Crippen molar-refractivity contribution < 1.29 is 9.53 Å². The summed E-state index contributed by atoms with van der Waals surface area (Å²) in [5.41, 5.74) is 10.2. The topological polar surface area (TPSA) is 55.6 Å². The predicted molar refractivity (Wildman–Crippen MR) is 84.0 cm³/mol. The summed E-state index contributed by atoms with van der Waals surface area (Å²) in [5, 5.41) is 0. The quantitative estimate of drug-likeness (QED) is 0.679. The van der Waals surface area contributed by atoms with Crippen molar-refractivity contribution in [1.82, 2.24) is 0 Å². The van der Waals surface area contributed by atoms with Gasteiger partial charge in [0, 0.05) is 17.9 Å². The Morgan fingerprint density at radius 1 is 1.19 bits per heavy atom. The highest BCUT2D eigenvalue weighted by atomic mass is 16.5. The second-order valence-corrected chi connectivity index (χ2v) is 5.15. The summed E-state index contributed by atoms with van der Waals surface area (Å²) >= 11 is 0. The minimum Gasteiger partial charge on any atom is -0.465 e. The number of methoxy groups -OCH3 is 1. The van der Waals surface area contributed by atoms with Crippen molar-refractivity contribution in [2.24, 2.45) is 0 Å². The molecule has 4 nitrogen and oxygen atoms in total. The van der Waals surface area contributed by atoms with E-state index in [2.05, 4.69) is 17.0 Å². The maximum Gasteiger partial charge on any atom is 0.340 e. The molecule has 0 fully saturated rings. The molecule has 0 bridgehead atoms. The van der Waals surface area contributed by atoms with Gasteiger partial charge in [0.2, 0.25) is 0 Å². The van der Waals surface area contributed by atoms with E-state index in [0.29, 0.717) is 11.3 Å². The zero-order chi connectivity index (χ0) is 14.8. The number of benzene rings is 2. The molecule has 0 saturated carbocycles. The van der Waals surface area contributed by atoms with Gasteiger partial charge in [-0.15, -0.1) is 0 Å². The standard InChI is InChI=1S/C17H18N2O2/c1-21-17(20)14-11-13(18)8-9-16(14)19-10-4-6-12-5-2-3-7-15(12)19/h2-3,5,7-9,11H,4,6,10,18H2,1H3. The number of nitrogens with two attached hydrogens (primary N) is 1. The highest BCUT2D eigenvalue weighted by molar-refractivity contribution is 5.98. The smallest absolute Gasteiger partial charge is 0.340 e. The van der Waals surface area contributed by atoms with Crippen LogP contribution in [-0.4, -0.2) is 19.6 Å². The zero-order valence-electron chi connectivity index (χ0n) is 12.0. The molecule has 1 heterocycles. The highest BCUT2D eigenvalue weighted by Gasteiger charge is 2.22. The maximum absolute atomic E-state index is 12.0. The molecule has 0 spiro atoms. The van der Waals surface area contributed by atoms with Crippen LogP contribution in [0.25, 0.3) is 0 Å². The van der Waals surface area contributed by atoms with Crippen LogP contribution in [0.1, 0.15) is 22.3 Å². The third-order valence-electron chi connectivity index (χ3n) is 3.83. The van der Waals surface area contributed by atoms with Gasteiger partial charge in [-0.25, -0.2) is 4.79 Å². The number of nitrogen functional groups attached to an aromatic ring is 1. The van der Waals surface area contributed by atoms with Crippen molar-refractivity contribution in [1.29, 1.82) is 0 Å². The lowest BCUT2D eigenvalue weighted by atomic mass is 10.00.